The van der Waals surface area contributed by atoms with E-state index in [0.29, 0.717) is 0 Å². The molecule has 74 valence electrons. The molecule has 0 aliphatic carbocycles. The van der Waals surface area contributed by atoms with Crippen molar-refractivity contribution in [2.45, 2.75) is 6.42 Å². The molecule has 3 nitrogen and oxygen atoms in total. The molecule has 0 atom stereocenters. The summed E-state index contributed by atoms with van der Waals surface area (Å²) in [6, 6.07) is 8.24. The molecule has 0 unspecified atom stereocenters. The molecule has 1 heterocycles. The molecule has 0 spiro atoms. The Balaban J connectivity index is 2.17. The van der Waals surface area contributed by atoms with Crippen LogP contribution in [0.5, 0.6) is 0 Å². The average molecular weight is 207 g/mol. The molecule has 0 amide bonds. The van der Waals surface area contributed by atoms with E-state index < -0.39 is 0 Å². The van der Waals surface area contributed by atoms with Gasteiger partial charge in [-0.15, -0.1) is 0 Å². The summed E-state index contributed by atoms with van der Waals surface area (Å²) in [6.07, 6.45) is 0.978. The Labute approximate surface area is 87.1 Å². The molecule has 1 aromatic heterocycles. The first-order chi connectivity index (χ1) is 6.92. The SMILES string of the molecule is NCCCNc1nsc2ccccc12. The van der Waals surface area contributed by atoms with Gasteiger partial charge < -0.3 is 11.1 Å². The average Bonchev–Trinajstić information content (AvgIpc) is 2.63. The zero-order valence-electron chi connectivity index (χ0n) is 7.86. The van der Waals surface area contributed by atoms with E-state index in [1.165, 1.54) is 21.6 Å². The second-order valence-corrected chi connectivity index (χ2v) is 3.90. The molecule has 0 bridgehead atoms. The molecule has 2 rings (SSSR count). The van der Waals surface area contributed by atoms with Crippen molar-refractivity contribution >= 4 is 27.4 Å². The van der Waals surface area contributed by atoms with Gasteiger partial charge in [-0.3, -0.25) is 0 Å². The number of nitrogens with one attached hydrogen (secondary N) is 1. The first-order valence-electron chi connectivity index (χ1n) is 4.70. The van der Waals surface area contributed by atoms with Crippen LogP contribution in [0.4, 0.5) is 5.82 Å². The number of hydrogen-bond donors (Lipinski definition) is 2. The first-order valence-corrected chi connectivity index (χ1v) is 5.47. The molecule has 0 fully saturated rings. The van der Waals surface area contributed by atoms with Crippen LogP contribution in [0, 0.1) is 0 Å². The number of rotatable bonds is 4. The molecule has 4 heteroatoms. The highest BCUT2D eigenvalue weighted by atomic mass is 32.1. The Hall–Kier alpha value is -1.13. The van der Waals surface area contributed by atoms with Crippen molar-refractivity contribution in [1.82, 2.24) is 4.37 Å². The lowest BCUT2D eigenvalue weighted by Gasteiger charge is -2.01. The summed E-state index contributed by atoms with van der Waals surface area (Å²) in [5, 5.41) is 4.49. The van der Waals surface area contributed by atoms with Crippen LogP contribution >= 0.6 is 11.5 Å². The number of hydrogen-bond acceptors (Lipinski definition) is 4. The van der Waals surface area contributed by atoms with E-state index in [-0.39, 0.29) is 0 Å². The molecular weight excluding hydrogens is 194 g/mol. The van der Waals surface area contributed by atoms with Gasteiger partial charge in [-0.1, -0.05) is 12.1 Å². The highest BCUT2D eigenvalue weighted by Gasteiger charge is 2.02. The summed E-state index contributed by atoms with van der Waals surface area (Å²) < 4.78 is 5.58. The van der Waals surface area contributed by atoms with Crippen molar-refractivity contribution in [2.24, 2.45) is 5.73 Å². The minimum atomic E-state index is 0.717. The van der Waals surface area contributed by atoms with E-state index >= 15 is 0 Å². The Kier molecular flexibility index (Phi) is 2.96. The molecule has 0 saturated heterocycles. The molecular formula is C10H13N3S. The van der Waals surface area contributed by atoms with Gasteiger partial charge in [0.15, 0.2) is 0 Å². The lowest BCUT2D eigenvalue weighted by molar-refractivity contribution is 0.873. The predicted molar refractivity (Wildman–Crippen MR) is 61.8 cm³/mol. The van der Waals surface area contributed by atoms with Crippen molar-refractivity contribution in [3.05, 3.63) is 24.3 Å². The second-order valence-electron chi connectivity index (χ2n) is 3.10. The molecule has 14 heavy (non-hydrogen) atoms. The molecule has 0 radical (unpaired) electrons. The molecule has 3 N–H and O–H groups in total. The minimum Gasteiger partial charge on any atom is -0.369 e. The number of nitrogens with two attached hydrogens (primary N) is 1. The zero-order chi connectivity index (χ0) is 9.80. The van der Waals surface area contributed by atoms with E-state index in [1.54, 1.807) is 0 Å². The summed E-state index contributed by atoms with van der Waals surface area (Å²) >= 11 is 1.53. The standard InChI is InChI=1S/C10H13N3S/c11-6-3-7-12-10-8-4-1-2-5-9(8)14-13-10/h1-2,4-5H,3,6-7,11H2,(H,12,13). The maximum absolute atomic E-state index is 5.42. The van der Waals surface area contributed by atoms with Gasteiger partial charge >= 0.3 is 0 Å². The third-order valence-electron chi connectivity index (χ3n) is 2.05. The largest absolute Gasteiger partial charge is 0.369 e. The quantitative estimate of drug-likeness (QED) is 0.754. The van der Waals surface area contributed by atoms with Crippen LogP contribution in [0.25, 0.3) is 10.1 Å². The van der Waals surface area contributed by atoms with Crippen molar-refractivity contribution < 1.29 is 0 Å². The summed E-state index contributed by atoms with van der Waals surface area (Å²) in [5.41, 5.74) is 5.42. The minimum absolute atomic E-state index is 0.717. The number of nitrogens with zero attached hydrogens (tertiary/aromatic N) is 1. The van der Waals surface area contributed by atoms with Crippen LogP contribution < -0.4 is 11.1 Å². The first kappa shape index (κ1) is 9.43. The third-order valence-corrected chi connectivity index (χ3v) is 2.88. The van der Waals surface area contributed by atoms with Crippen LogP contribution in [0.15, 0.2) is 24.3 Å². The summed E-state index contributed by atoms with van der Waals surface area (Å²) in [4.78, 5) is 0. The van der Waals surface area contributed by atoms with Crippen molar-refractivity contribution in [1.29, 1.82) is 0 Å². The summed E-state index contributed by atoms with van der Waals surface area (Å²) in [6.45, 7) is 1.61. The Morgan fingerprint density at radius 3 is 3.07 bits per heavy atom. The molecule has 0 saturated carbocycles. The normalized spacial score (nSPS) is 10.6. The van der Waals surface area contributed by atoms with Crippen LogP contribution in [-0.4, -0.2) is 17.5 Å². The highest BCUT2D eigenvalue weighted by Crippen LogP contribution is 2.25. The van der Waals surface area contributed by atoms with E-state index in [1.807, 2.05) is 12.1 Å². The number of anilines is 1. The molecule has 0 aliphatic rings. The van der Waals surface area contributed by atoms with E-state index in [4.69, 9.17) is 5.73 Å². The van der Waals surface area contributed by atoms with Crippen LogP contribution in [0.1, 0.15) is 6.42 Å². The van der Waals surface area contributed by atoms with Crippen molar-refractivity contribution in [2.75, 3.05) is 18.4 Å². The van der Waals surface area contributed by atoms with Gasteiger partial charge in [0, 0.05) is 11.9 Å². The summed E-state index contributed by atoms with van der Waals surface area (Å²) in [7, 11) is 0. The van der Waals surface area contributed by atoms with Gasteiger partial charge in [0.2, 0.25) is 0 Å². The monoisotopic (exact) mass is 207 g/mol. The Bertz CT molecular complexity index is 410. The fourth-order valence-electron chi connectivity index (χ4n) is 1.32. The van der Waals surface area contributed by atoms with Crippen LogP contribution in [0.3, 0.4) is 0 Å². The highest BCUT2D eigenvalue weighted by molar-refractivity contribution is 7.13. The summed E-state index contributed by atoms with van der Waals surface area (Å²) in [5.74, 6) is 0.985. The molecule has 1 aromatic carbocycles. The maximum Gasteiger partial charge on any atom is 0.147 e. The molecule has 0 aliphatic heterocycles. The van der Waals surface area contributed by atoms with E-state index in [0.717, 1.165) is 25.3 Å². The van der Waals surface area contributed by atoms with Gasteiger partial charge in [0.05, 0.1) is 4.70 Å². The van der Waals surface area contributed by atoms with Crippen molar-refractivity contribution in [3.8, 4) is 0 Å². The van der Waals surface area contributed by atoms with Gasteiger partial charge in [-0.05, 0) is 36.6 Å². The Morgan fingerprint density at radius 2 is 2.21 bits per heavy atom. The lowest BCUT2D eigenvalue weighted by Crippen LogP contribution is -2.08. The fraction of sp³-hybridized carbons (Fsp3) is 0.300. The second kappa shape index (κ2) is 4.39. The third kappa shape index (κ3) is 1.86. The maximum atomic E-state index is 5.42. The Morgan fingerprint density at radius 1 is 1.36 bits per heavy atom. The van der Waals surface area contributed by atoms with Gasteiger partial charge in [0.25, 0.3) is 0 Å². The fourth-order valence-corrected chi connectivity index (χ4v) is 2.08. The number of aromatic nitrogens is 1. The predicted octanol–water partition coefficient (Wildman–Crippen LogP) is 2.06. The van der Waals surface area contributed by atoms with Crippen LogP contribution in [-0.2, 0) is 0 Å². The molecule has 2 aromatic rings. The van der Waals surface area contributed by atoms with Gasteiger partial charge in [-0.25, -0.2) is 0 Å². The topological polar surface area (TPSA) is 50.9 Å². The zero-order valence-corrected chi connectivity index (χ0v) is 8.68. The van der Waals surface area contributed by atoms with Crippen LogP contribution in [0.2, 0.25) is 0 Å². The van der Waals surface area contributed by atoms with E-state index in [9.17, 15) is 0 Å². The lowest BCUT2D eigenvalue weighted by atomic mass is 10.2. The smallest absolute Gasteiger partial charge is 0.147 e. The number of benzene rings is 1. The number of fused-ring (bicyclic) bond motifs is 1. The van der Waals surface area contributed by atoms with E-state index in [2.05, 4.69) is 21.8 Å². The van der Waals surface area contributed by atoms with Gasteiger partial charge in [0.1, 0.15) is 5.82 Å². The van der Waals surface area contributed by atoms with Crippen molar-refractivity contribution in [3.63, 3.8) is 0 Å². The van der Waals surface area contributed by atoms with Gasteiger partial charge in [-0.2, -0.15) is 4.37 Å².